The van der Waals surface area contributed by atoms with Crippen molar-refractivity contribution in [2.45, 2.75) is 33.3 Å². The summed E-state index contributed by atoms with van der Waals surface area (Å²) in [4.78, 5) is 14.4. The van der Waals surface area contributed by atoms with Gasteiger partial charge in [-0.25, -0.2) is 0 Å². The van der Waals surface area contributed by atoms with Crippen LogP contribution < -0.4 is 9.47 Å². The molecule has 0 saturated carbocycles. The van der Waals surface area contributed by atoms with Gasteiger partial charge in [-0.05, 0) is 49.4 Å². The van der Waals surface area contributed by atoms with E-state index in [1.165, 1.54) is 6.42 Å². The van der Waals surface area contributed by atoms with Gasteiger partial charge in [0.2, 0.25) is 0 Å². The molecule has 1 heterocycles. The van der Waals surface area contributed by atoms with Gasteiger partial charge in [0.05, 0.1) is 7.11 Å². The molecule has 116 valence electrons. The van der Waals surface area contributed by atoms with E-state index >= 15 is 0 Å². The van der Waals surface area contributed by atoms with Crippen LogP contribution in [0.1, 0.15) is 27.2 Å². The molecule has 4 nitrogen and oxygen atoms in total. The number of rotatable bonds is 4. The number of methoxy groups -OCH3 is 1. The molecule has 0 spiro atoms. The smallest absolute Gasteiger partial charge is 0.263 e. The number of piperidine rings is 1. The van der Waals surface area contributed by atoms with E-state index in [1.807, 2.05) is 36.1 Å². The molecule has 1 aromatic rings. The van der Waals surface area contributed by atoms with Gasteiger partial charge in [0.1, 0.15) is 11.5 Å². The summed E-state index contributed by atoms with van der Waals surface area (Å²) in [6, 6.07) is 7.31. The molecule has 3 atom stereocenters. The summed E-state index contributed by atoms with van der Waals surface area (Å²) in [7, 11) is 1.63. The highest BCUT2D eigenvalue weighted by atomic mass is 16.5. The van der Waals surface area contributed by atoms with Crippen molar-refractivity contribution in [1.29, 1.82) is 0 Å². The van der Waals surface area contributed by atoms with E-state index in [4.69, 9.17) is 9.47 Å². The summed E-state index contributed by atoms with van der Waals surface area (Å²) < 4.78 is 10.9. The van der Waals surface area contributed by atoms with Crippen molar-refractivity contribution in [2.75, 3.05) is 20.2 Å². The van der Waals surface area contributed by atoms with E-state index in [-0.39, 0.29) is 5.91 Å². The zero-order valence-corrected chi connectivity index (χ0v) is 13.3. The molecule has 0 bridgehead atoms. The van der Waals surface area contributed by atoms with Crippen molar-refractivity contribution in [3.8, 4) is 11.5 Å². The van der Waals surface area contributed by atoms with Gasteiger partial charge in [0.25, 0.3) is 5.91 Å². The molecule has 2 rings (SSSR count). The number of hydrogen-bond donors (Lipinski definition) is 0. The minimum Gasteiger partial charge on any atom is -0.497 e. The predicted molar refractivity (Wildman–Crippen MR) is 82.6 cm³/mol. The van der Waals surface area contributed by atoms with Gasteiger partial charge in [-0.15, -0.1) is 0 Å². The van der Waals surface area contributed by atoms with Crippen molar-refractivity contribution in [3.63, 3.8) is 0 Å². The van der Waals surface area contributed by atoms with Crippen LogP contribution in [-0.2, 0) is 4.79 Å². The standard InChI is InChI=1S/C17H25NO3/c1-12-9-13(2)11-18(10-12)17(19)14(3)21-16-7-5-15(20-4)6-8-16/h5-8,12-14H,9-11H2,1-4H3. The van der Waals surface area contributed by atoms with Crippen LogP contribution in [0.3, 0.4) is 0 Å². The summed E-state index contributed by atoms with van der Waals surface area (Å²) in [6.45, 7) is 7.88. The van der Waals surface area contributed by atoms with Gasteiger partial charge in [0.15, 0.2) is 6.10 Å². The zero-order valence-electron chi connectivity index (χ0n) is 13.3. The Labute approximate surface area is 127 Å². The van der Waals surface area contributed by atoms with Crippen LogP contribution in [0.5, 0.6) is 11.5 Å². The molecule has 1 fully saturated rings. The fourth-order valence-electron chi connectivity index (χ4n) is 3.01. The second kappa shape index (κ2) is 6.83. The summed E-state index contributed by atoms with van der Waals surface area (Å²) in [5, 5.41) is 0. The number of benzene rings is 1. The fourth-order valence-corrected chi connectivity index (χ4v) is 3.01. The van der Waals surface area contributed by atoms with Crippen LogP contribution in [0.25, 0.3) is 0 Å². The molecule has 4 heteroatoms. The van der Waals surface area contributed by atoms with E-state index in [0.29, 0.717) is 17.6 Å². The van der Waals surface area contributed by atoms with Crippen LogP contribution in [0, 0.1) is 11.8 Å². The highest BCUT2D eigenvalue weighted by Gasteiger charge is 2.29. The average Bonchev–Trinajstić information content (AvgIpc) is 2.46. The van der Waals surface area contributed by atoms with Gasteiger partial charge in [0, 0.05) is 13.1 Å². The number of amides is 1. The van der Waals surface area contributed by atoms with Crippen molar-refractivity contribution >= 4 is 5.91 Å². The second-order valence-electron chi connectivity index (χ2n) is 6.12. The molecular weight excluding hydrogens is 266 g/mol. The second-order valence-corrected chi connectivity index (χ2v) is 6.12. The lowest BCUT2D eigenvalue weighted by atomic mass is 9.91. The zero-order chi connectivity index (χ0) is 15.4. The molecule has 0 aliphatic carbocycles. The van der Waals surface area contributed by atoms with E-state index in [2.05, 4.69) is 13.8 Å². The molecule has 0 N–H and O–H groups in total. The van der Waals surface area contributed by atoms with E-state index in [9.17, 15) is 4.79 Å². The van der Waals surface area contributed by atoms with E-state index in [0.717, 1.165) is 18.8 Å². The Hall–Kier alpha value is -1.71. The van der Waals surface area contributed by atoms with Crippen LogP contribution in [0.2, 0.25) is 0 Å². The maximum atomic E-state index is 12.5. The minimum atomic E-state index is -0.462. The topological polar surface area (TPSA) is 38.8 Å². The van der Waals surface area contributed by atoms with Crippen LogP contribution >= 0.6 is 0 Å². The predicted octanol–water partition coefficient (Wildman–Crippen LogP) is 2.97. The molecule has 0 radical (unpaired) electrons. The lowest BCUT2D eigenvalue weighted by Gasteiger charge is -2.36. The maximum Gasteiger partial charge on any atom is 0.263 e. The lowest BCUT2D eigenvalue weighted by Crippen LogP contribution is -2.47. The van der Waals surface area contributed by atoms with Gasteiger partial charge in [-0.1, -0.05) is 13.8 Å². The molecule has 21 heavy (non-hydrogen) atoms. The number of ether oxygens (including phenoxy) is 2. The molecule has 1 aliphatic heterocycles. The van der Waals surface area contributed by atoms with Gasteiger partial charge in [-0.2, -0.15) is 0 Å². The largest absolute Gasteiger partial charge is 0.497 e. The highest BCUT2D eigenvalue weighted by Crippen LogP contribution is 2.23. The highest BCUT2D eigenvalue weighted by molar-refractivity contribution is 5.81. The fraction of sp³-hybridized carbons (Fsp3) is 0.588. The first kappa shape index (κ1) is 15.7. The number of hydrogen-bond acceptors (Lipinski definition) is 3. The third-order valence-corrected chi connectivity index (χ3v) is 3.90. The van der Waals surface area contributed by atoms with E-state index in [1.54, 1.807) is 7.11 Å². The van der Waals surface area contributed by atoms with Gasteiger partial charge >= 0.3 is 0 Å². The Balaban J connectivity index is 1.95. The molecule has 1 aliphatic rings. The molecule has 1 saturated heterocycles. The molecular formula is C17H25NO3. The molecule has 1 aromatic carbocycles. The first-order chi connectivity index (χ1) is 9.99. The average molecular weight is 291 g/mol. The third-order valence-electron chi connectivity index (χ3n) is 3.90. The number of nitrogens with zero attached hydrogens (tertiary/aromatic N) is 1. The van der Waals surface area contributed by atoms with Crippen LogP contribution in [0.4, 0.5) is 0 Å². The normalized spacial score (nSPS) is 23.5. The maximum absolute atomic E-state index is 12.5. The van der Waals surface area contributed by atoms with Crippen molar-refractivity contribution in [1.82, 2.24) is 4.90 Å². The first-order valence-electron chi connectivity index (χ1n) is 7.59. The van der Waals surface area contributed by atoms with Gasteiger partial charge in [-0.3, -0.25) is 4.79 Å². The van der Waals surface area contributed by atoms with Gasteiger partial charge < -0.3 is 14.4 Å². The summed E-state index contributed by atoms with van der Waals surface area (Å²) >= 11 is 0. The molecule has 3 unspecified atom stereocenters. The van der Waals surface area contributed by atoms with Crippen LogP contribution in [-0.4, -0.2) is 37.1 Å². The third kappa shape index (κ3) is 4.13. The summed E-state index contributed by atoms with van der Waals surface area (Å²) in [6.07, 6.45) is 0.730. The van der Waals surface area contributed by atoms with Crippen molar-refractivity contribution in [2.24, 2.45) is 11.8 Å². The monoisotopic (exact) mass is 291 g/mol. The molecule has 0 aromatic heterocycles. The van der Waals surface area contributed by atoms with Crippen molar-refractivity contribution < 1.29 is 14.3 Å². The summed E-state index contributed by atoms with van der Waals surface area (Å²) in [5.41, 5.74) is 0. The Morgan fingerprint density at radius 1 is 1.14 bits per heavy atom. The quantitative estimate of drug-likeness (QED) is 0.856. The minimum absolute atomic E-state index is 0.0734. The Kier molecular flexibility index (Phi) is 5.10. The first-order valence-corrected chi connectivity index (χ1v) is 7.59. The Morgan fingerprint density at radius 2 is 1.67 bits per heavy atom. The SMILES string of the molecule is COc1ccc(OC(C)C(=O)N2CC(C)CC(C)C2)cc1. The Morgan fingerprint density at radius 3 is 2.19 bits per heavy atom. The van der Waals surface area contributed by atoms with Crippen LogP contribution in [0.15, 0.2) is 24.3 Å². The Bertz CT molecular complexity index is 461. The number of carbonyl (C=O) groups excluding carboxylic acids is 1. The number of likely N-dealkylation sites (tertiary alicyclic amines) is 1. The molecule has 1 amide bonds. The number of carbonyl (C=O) groups is 1. The lowest BCUT2D eigenvalue weighted by molar-refractivity contribution is -0.140. The summed E-state index contributed by atoms with van der Waals surface area (Å²) in [5.74, 6) is 2.66. The van der Waals surface area contributed by atoms with Crippen molar-refractivity contribution in [3.05, 3.63) is 24.3 Å². The van der Waals surface area contributed by atoms with E-state index < -0.39 is 6.10 Å².